The SMILES string of the molecule is CCCc1ccccc1OC(=O)c1ccc(C(=O)Oc2ccccc2CCC)cc1. The van der Waals surface area contributed by atoms with Gasteiger partial charge in [-0.3, -0.25) is 0 Å². The number of hydrogen-bond donors (Lipinski definition) is 0. The molecule has 30 heavy (non-hydrogen) atoms. The van der Waals surface area contributed by atoms with E-state index in [1.54, 1.807) is 36.4 Å². The van der Waals surface area contributed by atoms with Crippen molar-refractivity contribution in [1.29, 1.82) is 0 Å². The third kappa shape index (κ3) is 5.35. The average molecular weight is 402 g/mol. The molecule has 4 nitrogen and oxygen atoms in total. The van der Waals surface area contributed by atoms with Gasteiger partial charge in [0.1, 0.15) is 11.5 Å². The van der Waals surface area contributed by atoms with Crippen molar-refractivity contribution in [2.75, 3.05) is 0 Å². The predicted molar refractivity (Wildman–Crippen MR) is 117 cm³/mol. The topological polar surface area (TPSA) is 52.6 Å². The largest absolute Gasteiger partial charge is 0.423 e. The maximum absolute atomic E-state index is 12.5. The van der Waals surface area contributed by atoms with Crippen LogP contribution in [0.25, 0.3) is 0 Å². The highest BCUT2D eigenvalue weighted by molar-refractivity contribution is 5.95. The molecule has 3 aromatic carbocycles. The van der Waals surface area contributed by atoms with Crippen LogP contribution >= 0.6 is 0 Å². The molecule has 0 fully saturated rings. The molecular weight excluding hydrogens is 376 g/mol. The molecule has 0 aliphatic carbocycles. The molecular formula is C26H26O4. The van der Waals surface area contributed by atoms with Crippen molar-refractivity contribution in [2.24, 2.45) is 0 Å². The van der Waals surface area contributed by atoms with Gasteiger partial charge in [-0.25, -0.2) is 9.59 Å². The Labute approximate surface area is 177 Å². The van der Waals surface area contributed by atoms with Gasteiger partial charge >= 0.3 is 11.9 Å². The summed E-state index contributed by atoms with van der Waals surface area (Å²) in [6.45, 7) is 4.16. The van der Waals surface area contributed by atoms with E-state index in [1.807, 2.05) is 36.4 Å². The van der Waals surface area contributed by atoms with Gasteiger partial charge in [0.15, 0.2) is 0 Å². The second-order valence-corrected chi connectivity index (χ2v) is 7.07. The molecule has 0 atom stereocenters. The number of hydrogen-bond acceptors (Lipinski definition) is 4. The van der Waals surface area contributed by atoms with Crippen molar-refractivity contribution < 1.29 is 19.1 Å². The van der Waals surface area contributed by atoms with Crippen LogP contribution in [0.3, 0.4) is 0 Å². The Morgan fingerprint density at radius 1 is 0.600 bits per heavy atom. The summed E-state index contributed by atoms with van der Waals surface area (Å²) in [7, 11) is 0. The molecule has 0 amide bonds. The Hall–Kier alpha value is -3.40. The molecule has 0 aliphatic rings. The Morgan fingerprint density at radius 3 is 1.33 bits per heavy atom. The predicted octanol–water partition coefficient (Wildman–Crippen LogP) is 6.03. The fraction of sp³-hybridized carbons (Fsp3) is 0.231. The zero-order chi connectivity index (χ0) is 21.3. The zero-order valence-electron chi connectivity index (χ0n) is 17.4. The van der Waals surface area contributed by atoms with Gasteiger partial charge in [0.2, 0.25) is 0 Å². The van der Waals surface area contributed by atoms with Crippen LogP contribution in [-0.4, -0.2) is 11.9 Å². The minimum atomic E-state index is -0.452. The lowest BCUT2D eigenvalue weighted by Crippen LogP contribution is -2.12. The molecule has 0 heterocycles. The fourth-order valence-electron chi connectivity index (χ4n) is 3.22. The minimum Gasteiger partial charge on any atom is -0.423 e. The molecule has 3 rings (SSSR count). The van der Waals surface area contributed by atoms with Crippen molar-refractivity contribution in [1.82, 2.24) is 0 Å². The van der Waals surface area contributed by atoms with Crippen molar-refractivity contribution in [3.8, 4) is 11.5 Å². The highest BCUT2D eigenvalue weighted by atomic mass is 16.5. The van der Waals surface area contributed by atoms with Gasteiger partial charge in [0, 0.05) is 0 Å². The van der Waals surface area contributed by atoms with E-state index < -0.39 is 11.9 Å². The van der Waals surface area contributed by atoms with Crippen LogP contribution in [0, 0.1) is 0 Å². The highest BCUT2D eigenvalue weighted by Crippen LogP contribution is 2.22. The first kappa shape index (κ1) is 21.3. The lowest BCUT2D eigenvalue weighted by molar-refractivity contribution is 0.0719. The summed E-state index contributed by atoms with van der Waals surface area (Å²) in [5.41, 5.74) is 2.76. The summed E-state index contributed by atoms with van der Waals surface area (Å²) in [4.78, 5) is 25.0. The molecule has 0 bridgehead atoms. The van der Waals surface area contributed by atoms with Crippen LogP contribution in [0.2, 0.25) is 0 Å². The van der Waals surface area contributed by atoms with E-state index in [9.17, 15) is 9.59 Å². The van der Waals surface area contributed by atoms with Crippen LogP contribution < -0.4 is 9.47 Å². The Kier molecular flexibility index (Phi) is 7.39. The Bertz CT molecular complexity index is 923. The molecule has 4 heteroatoms. The number of esters is 2. The molecule has 0 radical (unpaired) electrons. The summed E-state index contributed by atoms with van der Waals surface area (Å²) in [6, 6.07) is 21.4. The molecule has 0 saturated heterocycles. The van der Waals surface area contributed by atoms with Gasteiger partial charge in [-0.05, 0) is 60.4 Å². The first-order chi connectivity index (χ1) is 14.6. The lowest BCUT2D eigenvalue weighted by atomic mass is 10.1. The quantitative estimate of drug-likeness (QED) is 0.341. The molecule has 0 aromatic heterocycles. The highest BCUT2D eigenvalue weighted by Gasteiger charge is 2.15. The molecule has 3 aromatic rings. The summed E-state index contributed by atoms with van der Waals surface area (Å²) in [6.07, 6.45) is 3.61. The van der Waals surface area contributed by atoms with E-state index in [2.05, 4.69) is 13.8 Å². The number of carbonyl (C=O) groups is 2. The Morgan fingerprint density at radius 2 is 0.967 bits per heavy atom. The van der Waals surface area contributed by atoms with Crippen molar-refractivity contribution in [3.05, 3.63) is 95.1 Å². The number of aryl methyl sites for hydroxylation is 2. The normalized spacial score (nSPS) is 10.5. The van der Waals surface area contributed by atoms with Crippen LogP contribution in [0.1, 0.15) is 58.5 Å². The second kappa shape index (κ2) is 10.4. The minimum absolute atomic E-state index is 0.379. The number of ether oxygens (including phenoxy) is 2. The van der Waals surface area contributed by atoms with E-state index in [0.717, 1.165) is 36.8 Å². The van der Waals surface area contributed by atoms with E-state index in [1.165, 1.54) is 0 Å². The zero-order valence-corrected chi connectivity index (χ0v) is 17.4. The van der Waals surface area contributed by atoms with Crippen LogP contribution in [0.15, 0.2) is 72.8 Å². The summed E-state index contributed by atoms with van der Waals surface area (Å²) >= 11 is 0. The number of carbonyl (C=O) groups excluding carboxylic acids is 2. The standard InChI is InChI=1S/C26H26O4/c1-3-9-19-11-5-7-13-23(19)29-25(27)21-15-17-22(18-16-21)26(28)30-24-14-8-6-12-20(24)10-4-2/h5-8,11-18H,3-4,9-10H2,1-2H3. The Balaban J connectivity index is 1.69. The van der Waals surface area contributed by atoms with Crippen LogP contribution in [0.5, 0.6) is 11.5 Å². The summed E-state index contributed by atoms with van der Waals surface area (Å²) in [5, 5.41) is 0. The maximum Gasteiger partial charge on any atom is 0.343 e. The van der Waals surface area contributed by atoms with Crippen LogP contribution in [-0.2, 0) is 12.8 Å². The number of para-hydroxylation sites is 2. The van der Waals surface area contributed by atoms with E-state index in [4.69, 9.17) is 9.47 Å². The molecule has 0 N–H and O–H groups in total. The van der Waals surface area contributed by atoms with Crippen molar-refractivity contribution in [3.63, 3.8) is 0 Å². The van der Waals surface area contributed by atoms with Crippen molar-refractivity contribution in [2.45, 2.75) is 39.5 Å². The lowest BCUT2D eigenvalue weighted by Gasteiger charge is -2.10. The third-order valence-electron chi connectivity index (χ3n) is 4.75. The summed E-state index contributed by atoms with van der Waals surface area (Å²) in [5.74, 6) is 0.235. The van der Waals surface area contributed by atoms with Gasteiger partial charge in [0.05, 0.1) is 11.1 Å². The van der Waals surface area contributed by atoms with E-state index in [0.29, 0.717) is 22.6 Å². The average Bonchev–Trinajstić information content (AvgIpc) is 2.77. The maximum atomic E-state index is 12.5. The molecule has 154 valence electrons. The number of benzene rings is 3. The molecule has 0 spiro atoms. The first-order valence-corrected chi connectivity index (χ1v) is 10.3. The van der Waals surface area contributed by atoms with Gasteiger partial charge in [0.25, 0.3) is 0 Å². The van der Waals surface area contributed by atoms with E-state index in [-0.39, 0.29) is 0 Å². The monoisotopic (exact) mass is 402 g/mol. The first-order valence-electron chi connectivity index (χ1n) is 10.3. The van der Waals surface area contributed by atoms with Crippen molar-refractivity contribution >= 4 is 11.9 Å². The van der Waals surface area contributed by atoms with E-state index >= 15 is 0 Å². The smallest absolute Gasteiger partial charge is 0.343 e. The molecule has 0 saturated carbocycles. The van der Waals surface area contributed by atoms with Gasteiger partial charge < -0.3 is 9.47 Å². The molecule has 0 aliphatic heterocycles. The van der Waals surface area contributed by atoms with Gasteiger partial charge in [-0.1, -0.05) is 63.1 Å². The third-order valence-corrected chi connectivity index (χ3v) is 4.75. The fourth-order valence-corrected chi connectivity index (χ4v) is 3.22. The molecule has 0 unspecified atom stereocenters. The van der Waals surface area contributed by atoms with Gasteiger partial charge in [-0.15, -0.1) is 0 Å². The summed E-state index contributed by atoms with van der Waals surface area (Å²) < 4.78 is 11.1. The van der Waals surface area contributed by atoms with Gasteiger partial charge in [-0.2, -0.15) is 0 Å². The second-order valence-electron chi connectivity index (χ2n) is 7.07. The number of rotatable bonds is 8. The van der Waals surface area contributed by atoms with Crippen LogP contribution in [0.4, 0.5) is 0 Å².